The van der Waals surface area contributed by atoms with E-state index in [1.165, 1.54) is 0 Å². The summed E-state index contributed by atoms with van der Waals surface area (Å²) >= 11 is 0. The van der Waals surface area contributed by atoms with Crippen LogP contribution in [0.15, 0.2) is 22.7 Å². The molecule has 1 atom stereocenters. The Morgan fingerprint density at radius 3 is 2.74 bits per heavy atom. The molecule has 0 spiro atoms. The van der Waals surface area contributed by atoms with Crippen LogP contribution in [0.5, 0.6) is 5.75 Å². The molecule has 2 aromatic rings. The molecule has 1 amide bonds. The van der Waals surface area contributed by atoms with E-state index in [0.29, 0.717) is 36.9 Å². The number of hydrogen-bond acceptors (Lipinski definition) is 8. The number of alkyl halides is 2. The quantitative estimate of drug-likeness (QED) is 0.418. The van der Waals surface area contributed by atoms with Gasteiger partial charge in [-0.25, -0.2) is 0 Å². The summed E-state index contributed by atoms with van der Waals surface area (Å²) in [6, 6.07) is 5.22. The second-order valence-electron chi connectivity index (χ2n) is 8.73. The molecule has 1 aromatic heterocycles. The molecule has 1 aliphatic rings. The van der Waals surface area contributed by atoms with Crippen molar-refractivity contribution in [3.8, 4) is 5.75 Å². The predicted molar refractivity (Wildman–Crippen MR) is 120 cm³/mol. The number of piperidine rings is 1. The zero-order valence-electron chi connectivity index (χ0n) is 19.5. The van der Waals surface area contributed by atoms with Gasteiger partial charge < -0.3 is 29.7 Å². The van der Waals surface area contributed by atoms with Gasteiger partial charge in [-0.05, 0) is 67.4 Å². The normalized spacial score (nSPS) is 15.9. The number of amides is 1. The molecule has 0 aliphatic carbocycles. The maximum absolute atomic E-state index is 13.3. The van der Waals surface area contributed by atoms with Crippen molar-refractivity contribution in [3.63, 3.8) is 0 Å². The molecule has 1 fully saturated rings. The van der Waals surface area contributed by atoms with Crippen LogP contribution in [-0.2, 0) is 5.92 Å². The lowest BCUT2D eigenvalue weighted by Gasteiger charge is -2.30. The molecule has 1 aromatic carbocycles. The third-order valence-corrected chi connectivity index (χ3v) is 5.87. The first-order chi connectivity index (χ1) is 16.2. The van der Waals surface area contributed by atoms with Crippen molar-refractivity contribution in [3.05, 3.63) is 35.2 Å². The first kappa shape index (κ1) is 25.8. The first-order valence-corrected chi connectivity index (χ1v) is 11.4. The maximum atomic E-state index is 13.3. The number of nitrogens with one attached hydrogen (secondary N) is 1. The second kappa shape index (κ2) is 11.6. The van der Waals surface area contributed by atoms with Crippen LogP contribution in [0.25, 0.3) is 0 Å². The summed E-state index contributed by atoms with van der Waals surface area (Å²) in [5.41, 5.74) is 1.24. The fourth-order valence-electron chi connectivity index (χ4n) is 3.86. The summed E-state index contributed by atoms with van der Waals surface area (Å²) in [7, 11) is 0. The molecular formula is C23H32F2N4O5. The minimum atomic E-state index is -3.14. The molecule has 11 heteroatoms. The van der Waals surface area contributed by atoms with Crippen molar-refractivity contribution in [2.45, 2.75) is 51.6 Å². The number of aromatic nitrogens is 2. The van der Waals surface area contributed by atoms with Crippen molar-refractivity contribution < 1.29 is 33.0 Å². The summed E-state index contributed by atoms with van der Waals surface area (Å²) in [6.07, 6.45) is 2.71. The molecular weight excluding hydrogens is 450 g/mol. The van der Waals surface area contributed by atoms with Crippen LogP contribution in [0.3, 0.4) is 0 Å². The first-order valence-electron chi connectivity index (χ1n) is 11.4. The average Bonchev–Trinajstić information content (AvgIpc) is 3.31. The number of carbonyl (C=O) groups is 1. The number of aliphatic hydroxyl groups is 2. The van der Waals surface area contributed by atoms with Crippen LogP contribution in [0.1, 0.15) is 54.4 Å². The third-order valence-electron chi connectivity index (χ3n) is 5.87. The van der Waals surface area contributed by atoms with Gasteiger partial charge in [0, 0.05) is 32.1 Å². The van der Waals surface area contributed by atoms with Gasteiger partial charge in [0.05, 0.1) is 19.3 Å². The van der Waals surface area contributed by atoms with E-state index in [9.17, 15) is 18.7 Å². The van der Waals surface area contributed by atoms with Gasteiger partial charge in [0.2, 0.25) is 0 Å². The lowest BCUT2D eigenvalue weighted by Crippen LogP contribution is -2.34. The predicted octanol–water partition coefficient (Wildman–Crippen LogP) is 2.65. The van der Waals surface area contributed by atoms with Gasteiger partial charge in [0.15, 0.2) is 0 Å². The summed E-state index contributed by atoms with van der Waals surface area (Å²) in [5, 5.41) is 24.4. The number of nitrogens with zero attached hydrogens (tertiary/aromatic N) is 3. The Morgan fingerprint density at radius 1 is 1.38 bits per heavy atom. The number of aliphatic hydroxyl groups excluding tert-OH is 2. The van der Waals surface area contributed by atoms with Crippen LogP contribution in [-0.4, -0.2) is 65.2 Å². The number of carbonyl (C=O) groups excluding carboxylic acids is 1. The zero-order valence-corrected chi connectivity index (χ0v) is 19.5. The highest BCUT2D eigenvalue weighted by atomic mass is 19.3. The molecule has 188 valence electrons. The van der Waals surface area contributed by atoms with Gasteiger partial charge in [-0.15, -0.1) is 0 Å². The lowest BCUT2D eigenvalue weighted by molar-refractivity contribution is -0.0158. The van der Waals surface area contributed by atoms with E-state index in [-0.39, 0.29) is 18.4 Å². The van der Waals surface area contributed by atoms with E-state index in [1.807, 2.05) is 11.8 Å². The summed E-state index contributed by atoms with van der Waals surface area (Å²) in [6.45, 7) is 4.05. The highest BCUT2D eigenvalue weighted by Gasteiger charge is 2.33. The number of halogens is 2. The van der Waals surface area contributed by atoms with Gasteiger partial charge in [-0.1, -0.05) is 0 Å². The van der Waals surface area contributed by atoms with Gasteiger partial charge in [0.1, 0.15) is 5.75 Å². The molecule has 9 nitrogen and oxygen atoms in total. The van der Waals surface area contributed by atoms with Gasteiger partial charge >= 0.3 is 5.92 Å². The molecule has 0 radical (unpaired) electrons. The fourth-order valence-corrected chi connectivity index (χ4v) is 3.86. The molecule has 2 heterocycles. The van der Waals surface area contributed by atoms with Gasteiger partial charge in [-0.3, -0.25) is 4.79 Å². The summed E-state index contributed by atoms with van der Waals surface area (Å²) in [5.74, 6) is -2.70. The highest BCUT2D eigenvalue weighted by Crippen LogP contribution is 2.29. The Labute approximate surface area is 197 Å². The monoisotopic (exact) mass is 482 g/mol. The van der Waals surface area contributed by atoms with E-state index >= 15 is 0 Å². The van der Waals surface area contributed by atoms with Crippen LogP contribution in [0, 0.1) is 12.8 Å². The van der Waals surface area contributed by atoms with Crippen molar-refractivity contribution >= 4 is 11.9 Å². The molecule has 3 N–H and O–H groups in total. The third kappa shape index (κ3) is 7.10. The Kier molecular flexibility index (Phi) is 8.78. The van der Waals surface area contributed by atoms with Crippen LogP contribution < -0.4 is 15.0 Å². The van der Waals surface area contributed by atoms with E-state index in [4.69, 9.17) is 9.84 Å². The Morgan fingerprint density at radius 2 is 2.12 bits per heavy atom. The molecule has 3 rings (SSSR count). The van der Waals surface area contributed by atoms with Gasteiger partial charge in [0.25, 0.3) is 17.7 Å². The van der Waals surface area contributed by atoms with Crippen molar-refractivity contribution in [2.24, 2.45) is 5.92 Å². The number of ether oxygens (including phenoxy) is 1. The summed E-state index contributed by atoms with van der Waals surface area (Å²) < 4.78 is 37.1. The van der Waals surface area contributed by atoms with E-state index < -0.39 is 24.5 Å². The second-order valence-corrected chi connectivity index (χ2v) is 8.73. The molecule has 34 heavy (non-hydrogen) atoms. The molecule has 1 aliphatic heterocycles. The van der Waals surface area contributed by atoms with Crippen molar-refractivity contribution in [1.29, 1.82) is 0 Å². The van der Waals surface area contributed by atoms with Gasteiger partial charge in [-0.2, -0.15) is 13.8 Å². The standard InChI is InChI=1S/C23H32F2N4O5/c1-15-12-18(5-6-19(15)20(32)26-13-17(31)14-30)33-11-3-4-16-7-9-29(10-8-16)22-27-21(34-28-22)23(2,24)25/h5-6,12,16-17,30-31H,3-4,7-11,13-14H2,1-2H3,(H,26,32). The molecule has 0 bridgehead atoms. The fraction of sp³-hybridized carbons (Fsp3) is 0.609. The topological polar surface area (TPSA) is 121 Å². The zero-order chi connectivity index (χ0) is 24.7. The van der Waals surface area contributed by atoms with Crippen LogP contribution >= 0.6 is 0 Å². The van der Waals surface area contributed by atoms with Crippen LogP contribution in [0.2, 0.25) is 0 Å². The molecule has 1 saturated heterocycles. The van der Waals surface area contributed by atoms with Crippen LogP contribution in [0.4, 0.5) is 14.7 Å². The number of hydrogen-bond donors (Lipinski definition) is 3. The Balaban J connectivity index is 1.37. The Bertz CT molecular complexity index is 942. The maximum Gasteiger partial charge on any atom is 0.322 e. The van der Waals surface area contributed by atoms with E-state index in [2.05, 4.69) is 20.0 Å². The van der Waals surface area contributed by atoms with E-state index in [1.54, 1.807) is 18.2 Å². The SMILES string of the molecule is Cc1cc(OCCCC2CCN(c3noc(C(C)(F)F)n3)CC2)ccc1C(=O)NCC(O)CO. The Hall–Kier alpha value is -2.79. The highest BCUT2D eigenvalue weighted by molar-refractivity contribution is 5.95. The number of benzene rings is 1. The number of aryl methyl sites for hydroxylation is 1. The van der Waals surface area contributed by atoms with Crippen molar-refractivity contribution in [2.75, 3.05) is 37.7 Å². The minimum Gasteiger partial charge on any atom is -0.494 e. The molecule has 1 unspecified atom stereocenters. The number of rotatable bonds is 11. The smallest absolute Gasteiger partial charge is 0.322 e. The number of anilines is 1. The van der Waals surface area contributed by atoms with Crippen molar-refractivity contribution in [1.82, 2.24) is 15.5 Å². The minimum absolute atomic E-state index is 0.0171. The largest absolute Gasteiger partial charge is 0.494 e. The summed E-state index contributed by atoms with van der Waals surface area (Å²) in [4.78, 5) is 17.9. The lowest BCUT2D eigenvalue weighted by atomic mass is 9.92. The average molecular weight is 483 g/mol. The van der Waals surface area contributed by atoms with E-state index in [0.717, 1.165) is 38.2 Å². The molecule has 0 saturated carbocycles.